The molecule has 8 heteroatoms. The molecule has 0 spiro atoms. The zero-order valence-corrected chi connectivity index (χ0v) is 15.3. The largest absolute Gasteiger partial charge is 0.340 e. The van der Waals surface area contributed by atoms with Gasteiger partial charge in [0.15, 0.2) is 5.82 Å². The van der Waals surface area contributed by atoms with Crippen molar-refractivity contribution in [2.24, 2.45) is 0 Å². The summed E-state index contributed by atoms with van der Waals surface area (Å²) in [5.41, 5.74) is 0.602. The first kappa shape index (κ1) is 17.1. The van der Waals surface area contributed by atoms with Crippen LogP contribution in [0.1, 0.15) is 54.2 Å². The fraction of sp³-hybridized carbons (Fsp3) is 0.444. The minimum absolute atomic E-state index is 0.0499. The van der Waals surface area contributed by atoms with E-state index >= 15 is 0 Å². The maximum Gasteiger partial charge on any atom is 0.252 e. The Bertz CT molecular complexity index is 858. The van der Waals surface area contributed by atoms with Crippen LogP contribution >= 0.6 is 11.8 Å². The van der Waals surface area contributed by atoms with Gasteiger partial charge >= 0.3 is 0 Å². The van der Waals surface area contributed by atoms with E-state index in [-0.39, 0.29) is 11.8 Å². The maximum atomic E-state index is 12.9. The normalized spacial score (nSPS) is 18.7. The molecular formula is C18H20N4O3S. The molecule has 1 aliphatic heterocycles. The zero-order chi connectivity index (χ0) is 18.1. The number of hydrogen-bond donors (Lipinski definition) is 2. The Labute approximate surface area is 155 Å². The molecule has 4 rings (SSSR count). The SMILES string of the molecule is Cc1nc(C2(NC(=O)c3ccc4c(c3)NC(=O)CS4)CCCCC2)no1. The first-order valence-corrected chi connectivity index (χ1v) is 9.74. The van der Waals surface area contributed by atoms with Gasteiger partial charge in [0.2, 0.25) is 11.8 Å². The van der Waals surface area contributed by atoms with Crippen LogP contribution in [0.2, 0.25) is 0 Å². The third-order valence-electron chi connectivity index (χ3n) is 4.89. The van der Waals surface area contributed by atoms with E-state index in [0.29, 0.717) is 28.7 Å². The van der Waals surface area contributed by atoms with Crippen molar-refractivity contribution in [1.82, 2.24) is 15.5 Å². The van der Waals surface area contributed by atoms with Gasteiger partial charge in [0.05, 0.1) is 11.4 Å². The van der Waals surface area contributed by atoms with Crippen molar-refractivity contribution in [1.29, 1.82) is 0 Å². The number of aromatic nitrogens is 2. The van der Waals surface area contributed by atoms with E-state index in [2.05, 4.69) is 20.8 Å². The van der Waals surface area contributed by atoms with Gasteiger partial charge < -0.3 is 15.2 Å². The average molecular weight is 372 g/mol. The number of nitrogens with zero attached hydrogens (tertiary/aromatic N) is 2. The number of anilines is 1. The molecule has 1 aromatic heterocycles. The van der Waals surface area contributed by atoms with Gasteiger partial charge in [0, 0.05) is 17.4 Å². The van der Waals surface area contributed by atoms with Gasteiger partial charge in [-0.1, -0.05) is 24.4 Å². The lowest BCUT2D eigenvalue weighted by Gasteiger charge is -2.35. The Kier molecular flexibility index (Phi) is 4.44. The lowest BCUT2D eigenvalue weighted by molar-refractivity contribution is -0.113. The van der Waals surface area contributed by atoms with Crippen LogP contribution in [0, 0.1) is 6.92 Å². The number of hydrogen-bond acceptors (Lipinski definition) is 6. The van der Waals surface area contributed by atoms with Crippen LogP contribution in [0.4, 0.5) is 5.69 Å². The highest BCUT2D eigenvalue weighted by atomic mass is 32.2. The molecule has 0 bridgehead atoms. The molecule has 136 valence electrons. The lowest BCUT2D eigenvalue weighted by atomic mass is 9.80. The summed E-state index contributed by atoms with van der Waals surface area (Å²) in [6, 6.07) is 5.39. The number of nitrogens with one attached hydrogen (secondary N) is 2. The van der Waals surface area contributed by atoms with Crippen LogP contribution in [-0.2, 0) is 10.3 Å². The van der Waals surface area contributed by atoms with Crippen LogP contribution in [0.15, 0.2) is 27.6 Å². The van der Waals surface area contributed by atoms with Crippen LogP contribution in [-0.4, -0.2) is 27.7 Å². The number of thioether (sulfide) groups is 1. The van der Waals surface area contributed by atoms with Gasteiger partial charge in [-0.3, -0.25) is 9.59 Å². The van der Waals surface area contributed by atoms with Crippen LogP contribution < -0.4 is 10.6 Å². The second-order valence-electron chi connectivity index (χ2n) is 6.78. The summed E-state index contributed by atoms with van der Waals surface area (Å²) in [6.45, 7) is 1.75. The van der Waals surface area contributed by atoms with Crippen molar-refractivity contribution >= 4 is 29.3 Å². The number of aryl methyl sites for hydroxylation is 1. The first-order valence-electron chi connectivity index (χ1n) is 8.76. The van der Waals surface area contributed by atoms with Gasteiger partial charge in [0.1, 0.15) is 5.54 Å². The van der Waals surface area contributed by atoms with Gasteiger partial charge in [-0.2, -0.15) is 4.98 Å². The van der Waals surface area contributed by atoms with Gasteiger partial charge in [-0.15, -0.1) is 11.8 Å². The minimum atomic E-state index is -0.596. The highest BCUT2D eigenvalue weighted by Gasteiger charge is 2.40. The van der Waals surface area contributed by atoms with Gasteiger partial charge in [-0.05, 0) is 31.0 Å². The molecular weight excluding hydrogens is 352 g/mol. The van der Waals surface area contributed by atoms with Crippen molar-refractivity contribution in [3.63, 3.8) is 0 Å². The molecule has 2 aromatic rings. The molecule has 7 nitrogen and oxygen atoms in total. The van der Waals surface area contributed by atoms with E-state index in [4.69, 9.17) is 4.52 Å². The standard InChI is InChI=1S/C18H20N4O3S/c1-11-19-17(22-25-11)18(7-3-2-4-8-18)21-16(24)12-5-6-14-13(9-12)20-15(23)10-26-14/h5-6,9H,2-4,7-8,10H2,1H3,(H,20,23)(H,21,24). The Balaban J connectivity index is 1.61. The molecule has 2 heterocycles. The number of carbonyl (C=O) groups is 2. The smallest absolute Gasteiger partial charge is 0.252 e. The predicted octanol–water partition coefficient (Wildman–Crippen LogP) is 3.01. The fourth-order valence-corrected chi connectivity index (χ4v) is 4.36. The number of fused-ring (bicyclic) bond motifs is 1. The molecule has 1 aromatic carbocycles. The van der Waals surface area contributed by atoms with Gasteiger partial charge in [-0.25, -0.2) is 0 Å². The van der Waals surface area contributed by atoms with Crippen molar-refractivity contribution in [3.05, 3.63) is 35.5 Å². The van der Waals surface area contributed by atoms with E-state index in [9.17, 15) is 9.59 Å². The second kappa shape index (κ2) is 6.75. The molecule has 1 fully saturated rings. The summed E-state index contributed by atoms with van der Waals surface area (Å²) < 4.78 is 5.15. The summed E-state index contributed by atoms with van der Waals surface area (Å²) in [5, 5.41) is 10.1. The maximum absolute atomic E-state index is 12.9. The van der Waals surface area contributed by atoms with Crippen molar-refractivity contribution in [3.8, 4) is 0 Å². The molecule has 1 aliphatic carbocycles. The highest BCUT2D eigenvalue weighted by Crippen LogP contribution is 2.37. The third-order valence-corrected chi connectivity index (χ3v) is 5.96. The lowest BCUT2D eigenvalue weighted by Crippen LogP contribution is -2.48. The van der Waals surface area contributed by atoms with Crippen molar-refractivity contribution < 1.29 is 14.1 Å². The summed E-state index contributed by atoms with van der Waals surface area (Å²) in [6.07, 6.45) is 4.72. The molecule has 0 unspecified atom stereocenters. The van der Waals surface area contributed by atoms with Gasteiger partial charge in [0.25, 0.3) is 5.91 Å². The van der Waals surface area contributed by atoms with Crippen LogP contribution in [0.25, 0.3) is 0 Å². The quantitative estimate of drug-likeness (QED) is 0.860. The number of carbonyl (C=O) groups excluding carboxylic acids is 2. The zero-order valence-electron chi connectivity index (χ0n) is 14.5. The Morgan fingerprint density at radius 2 is 2.12 bits per heavy atom. The van der Waals surface area contributed by atoms with Crippen molar-refractivity contribution in [2.75, 3.05) is 11.1 Å². The second-order valence-corrected chi connectivity index (χ2v) is 7.80. The third kappa shape index (κ3) is 3.21. The molecule has 26 heavy (non-hydrogen) atoms. The Morgan fingerprint density at radius 3 is 2.85 bits per heavy atom. The summed E-state index contributed by atoms with van der Waals surface area (Å²) in [4.78, 5) is 29.9. The summed E-state index contributed by atoms with van der Waals surface area (Å²) in [5.74, 6) is 1.20. The van der Waals surface area contributed by atoms with E-state index in [0.717, 1.165) is 37.0 Å². The minimum Gasteiger partial charge on any atom is -0.340 e. The van der Waals surface area contributed by atoms with E-state index < -0.39 is 5.54 Å². The van der Waals surface area contributed by atoms with E-state index in [1.807, 2.05) is 6.07 Å². The van der Waals surface area contributed by atoms with Crippen LogP contribution in [0.5, 0.6) is 0 Å². The number of amides is 2. The first-order chi connectivity index (χ1) is 12.6. The monoisotopic (exact) mass is 372 g/mol. The molecule has 1 saturated carbocycles. The predicted molar refractivity (Wildman–Crippen MR) is 97.1 cm³/mol. The molecule has 0 radical (unpaired) electrons. The highest BCUT2D eigenvalue weighted by molar-refractivity contribution is 8.00. The van der Waals surface area contributed by atoms with E-state index in [1.165, 1.54) is 11.8 Å². The summed E-state index contributed by atoms with van der Waals surface area (Å²) in [7, 11) is 0. The molecule has 2 amide bonds. The number of rotatable bonds is 3. The van der Waals surface area contributed by atoms with E-state index in [1.54, 1.807) is 19.1 Å². The molecule has 0 saturated heterocycles. The molecule has 2 aliphatic rings. The fourth-order valence-electron chi connectivity index (χ4n) is 3.57. The average Bonchev–Trinajstić information content (AvgIpc) is 3.09. The summed E-state index contributed by atoms with van der Waals surface area (Å²) >= 11 is 1.48. The molecule has 0 atom stereocenters. The topological polar surface area (TPSA) is 97.1 Å². The van der Waals surface area contributed by atoms with Crippen LogP contribution in [0.3, 0.4) is 0 Å². The molecule has 2 N–H and O–H groups in total. The Hall–Kier alpha value is -2.35. The Morgan fingerprint density at radius 1 is 1.31 bits per heavy atom. The van der Waals surface area contributed by atoms with Crippen molar-refractivity contribution in [2.45, 2.75) is 49.5 Å². The number of benzene rings is 1.